The zero-order valence-corrected chi connectivity index (χ0v) is 9.82. The fraction of sp³-hybridized carbons (Fsp3) is 0.556. The number of halogens is 1. The Labute approximate surface area is 91.4 Å². The van der Waals surface area contributed by atoms with Gasteiger partial charge in [0.2, 0.25) is 0 Å². The molecule has 78 valence electrons. The molecule has 5 heteroatoms. The molecule has 1 unspecified atom stereocenters. The molecule has 0 saturated heterocycles. The highest BCUT2D eigenvalue weighted by molar-refractivity contribution is 9.10. The third-order valence-electron chi connectivity index (χ3n) is 1.79. The zero-order chi connectivity index (χ0) is 10.6. The van der Waals surface area contributed by atoms with E-state index in [9.17, 15) is 4.79 Å². The van der Waals surface area contributed by atoms with Gasteiger partial charge >= 0.3 is 5.97 Å². The van der Waals surface area contributed by atoms with Crippen LogP contribution < -0.4 is 0 Å². The molecule has 0 aliphatic heterocycles. The molecule has 0 aromatic carbocycles. The lowest BCUT2D eigenvalue weighted by Crippen LogP contribution is -2.13. The molecule has 14 heavy (non-hydrogen) atoms. The van der Waals surface area contributed by atoms with E-state index in [1.807, 2.05) is 19.2 Å². The highest BCUT2D eigenvalue weighted by Crippen LogP contribution is 2.13. The summed E-state index contributed by atoms with van der Waals surface area (Å²) >= 11 is 3.25. The predicted octanol–water partition coefficient (Wildman–Crippen LogP) is 2.16. The average Bonchev–Trinajstić information content (AvgIpc) is 2.52. The standard InChI is InChI=1S/C9H13BrN2O2/c1-3-14-9(13)6-7(2)12-5-4-8(10)11-12/h4-5,7H,3,6H2,1-2H3. The minimum absolute atomic E-state index is 0.0281. The smallest absolute Gasteiger partial charge is 0.307 e. The average molecular weight is 261 g/mol. The molecule has 1 heterocycles. The van der Waals surface area contributed by atoms with Crippen molar-refractivity contribution in [2.24, 2.45) is 0 Å². The minimum atomic E-state index is -0.188. The van der Waals surface area contributed by atoms with Crippen LogP contribution in [0.1, 0.15) is 26.3 Å². The monoisotopic (exact) mass is 260 g/mol. The maximum atomic E-state index is 11.2. The van der Waals surface area contributed by atoms with Crippen LogP contribution in [0.5, 0.6) is 0 Å². The van der Waals surface area contributed by atoms with Crippen molar-refractivity contribution in [2.45, 2.75) is 26.3 Å². The van der Waals surface area contributed by atoms with Crippen molar-refractivity contribution in [3.8, 4) is 0 Å². The predicted molar refractivity (Wildman–Crippen MR) is 55.9 cm³/mol. The van der Waals surface area contributed by atoms with E-state index >= 15 is 0 Å². The highest BCUT2D eigenvalue weighted by Gasteiger charge is 2.11. The maximum Gasteiger partial charge on any atom is 0.307 e. The Balaban J connectivity index is 2.50. The SMILES string of the molecule is CCOC(=O)CC(C)n1ccc(Br)n1. The topological polar surface area (TPSA) is 44.1 Å². The van der Waals surface area contributed by atoms with E-state index < -0.39 is 0 Å². The van der Waals surface area contributed by atoms with Crippen molar-refractivity contribution in [1.29, 1.82) is 0 Å². The number of ether oxygens (including phenoxy) is 1. The second-order valence-corrected chi connectivity index (χ2v) is 3.79. The second kappa shape index (κ2) is 5.14. The van der Waals surface area contributed by atoms with E-state index in [2.05, 4.69) is 21.0 Å². The number of aromatic nitrogens is 2. The molecule has 0 bridgehead atoms. The van der Waals surface area contributed by atoms with Gasteiger partial charge in [-0.2, -0.15) is 5.10 Å². The molecule has 1 rings (SSSR count). The lowest BCUT2D eigenvalue weighted by Gasteiger charge is -2.10. The van der Waals surface area contributed by atoms with Gasteiger partial charge < -0.3 is 4.74 Å². The van der Waals surface area contributed by atoms with Crippen molar-refractivity contribution in [2.75, 3.05) is 6.61 Å². The van der Waals surface area contributed by atoms with Crippen molar-refractivity contribution >= 4 is 21.9 Å². The molecular weight excluding hydrogens is 248 g/mol. The first-order valence-electron chi connectivity index (χ1n) is 4.49. The van der Waals surface area contributed by atoms with E-state index in [-0.39, 0.29) is 12.0 Å². The van der Waals surface area contributed by atoms with Crippen LogP contribution in [-0.2, 0) is 9.53 Å². The Kier molecular flexibility index (Phi) is 4.13. The van der Waals surface area contributed by atoms with Gasteiger partial charge in [0.25, 0.3) is 0 Å². The van der Waals surface area contributed by atoms with Gasteiger partial charge in [-0.1, -0.05) is 0 Å². The Morgan fingerprint density at radius 3 is 3.00 bits per heavy atom. The molecule has 1 atom stereocenters. The van der Waals surface area contributed by atoms with Crippen LogP contribution in [0.4, 0.5) is 0 Å². The van der Waals surface area contributed by atoms with Gasteiger partial charge in [-0.15, -0.1) is 0 Å². The fourth-order valence-corrected chi connectivity index (χ4v) is 1.42. The molecule has 4 nitrogen and oxygen atoms in total. The van der Waals surface area contributed by atoms with Crippen molar-refractivity contribution in [3.05, 3.63) is 16.9 Å². The van der Waals surface area contributed by atoms with Gasteiger partial charge in [0.1, 0.15) is 4.60 Å². The molecular formula is C9H13BrN2O2. The third kappa shape index (κ3) is 3.14. The number of nitrogens with zero attached hydrogens (tertiary/aromatic N) is 2. The molecule has 1 aromatic rings. The summed E-state index contributed by atoms with van der Waals surface area (Å²) in [6.07, 6.45) is 2.18. The first-order chi connectivity index (χ1) is 6.63. The normalized spacial score (nSPS) is 12.5. The minimum Gasteiger partial charge on any atom is -0.466 e. The number of rotatable bonds is 4. The summed E-state index contributed by atoms with van der Waals surface area (Å²) in [7, 11) is 0. The Bertz CT molecular complexity index is 312. The van der Waals surface area contributed by atoms with Crippen LogP contribution in [0, 0.1) is 0 Å². The zero-order valence-electron chi connectivity index (χ0n) is 8.24. The number of carbonyl (C=O) groups is 1. The van der Waals surface area contributed by atoms with E-state index in [4.69, 9.17) is 4.74 Å². The van der Waals surface area contributed by atoms with Gasteiger partial charge in [0.05, 0.1) is 19.1 Å². The molecule has 0 saturated carbocycles. The van der Waals surface area contributed by atoms with Crippen molar-refractivity contribution < 1.29 is 9.53 Å². The molecule has 0 aliphatic rings. The summed E-state index contributed by atoms with van der Waals surface area (Å²) in [6, 6.07) is 1.86. The second-order valence-electron chi connectivity index (χ2n) is 2.98. The lowest BCUT2D eigenvalue weighted by molar-refractivity contribution is -0.143. The molecule has 0 amide bonds. The molecule has 1 aromatic heterocycles. The van der Waals surface area contributed by atoms with Crippen LogP contribution in [-0.4, -0.2) is 22.4 Å². The van der Waals surface area contributed by atoms with Gasteiger partial charge in [-0.3, -0.25) is 9.48 Å². The Morgan fingerprint density at radius 2 is 2.50 bits per heavy atom. The van der Waals surface area contributed by atoms with Crippen LogP contribution in [0.2, 0.25) is 0 Å². The summed E-state index contributed by atoms with van der Waals surface area (Å²) in [5.74, 6) is -0.188. The lowest BCUT2D eigenvalue weighted by atomic mass is 10.2. The van der Waals surface area contributed by atoms with E-state index in [0.29, 0.717) is 13.0 Å². The summed E-state index contributed by atoms with van der Waals surface area (Å²) < 4.78 is 7.36. The van der Waals surface area contributed by atoms with E-state index in [1.54, 1.807) is 11.6 Å². The van der Waals surface area contributed by atoms with Gasteiger partial charge in [-0.25, -0.2) is 0 Å². The first kappa shape index (κ1) is 11.2. The molecule has 0 aliphatic carbocycles. The fourth-order valence-electron chi connectivity index (χ4n) is 1.11. The van der Waals surface area contributed by atoms with Crippen LogP contribution >= 0.6 is 15.9 Å². The van der Waals surface area contributed by atoms with E-state index in [1.165, 1.54) is 0 Å². The quantitative estimate of drug-likeness (QED) is 0.780. The Morgan fingerprint density at radius 1 is 1.79 bits per heavy atom. The molecule has 0 fully saturated rings. The summed E-state index contributed by atoms with van der Waals surface area (Å²) in [6.45, 7) is 4.15. The van der Waals surface area contributed by atoms with Crippen molar-refractivity contribution in [1.82, 2.24) is 9.78 Å². The van der Waals surface area contributed by atoms with E-state index in [0.717, 1.165) is 4.60 Å². The number of hydrogen-bond acceptors (Lipinski definition) is 3. The largest absolute Gasteiger partial charge is 0.466 e. The van der Waals surface area contributed by atoms with Gasteiger partial charge in [0, 0.05) is 6.20 Å². The number of carbonyl (C=O) groups excluding carboxylic acids is 1. The highest BCUT2D eigenvalue weighted by atomic mass is 79.9. The first-order valence-corrected chi connectivity index (χ1v) is 5.29. The molecule has 0 radical (unpaired) electrons. The Hall–Kier alpha value is -0.840. The van der Waals surface area contributed by atoms with Gasteiger partial charge in [0.15, 0.2) is 0 Å². The number of esters is 1. The van der Waals surface area contributed by atoms with Crippen LogP contribution in [0.3, 0.4) is 0 Å². The van der Waals surface area contributed by atoms with Gasteiger partial charge in [-0.05, 0) is 35.8 Å². The van der Waals surface area contributed by atoms with Crippen LogP contribution in [0.15, 0.2) is 16.9 Å². The summed E-state index contributed by atoms with van der Waals surface area (Å²) in [5, 5.41) is 4.15. The van der Waals surface area contributed by atoms with Crippen molar-refractivity contribution in [3.63, 3.8) is 0 Å². The summed E-state index contributed by atoms with van der Waals surface area (Å²) in [5.41, 5.74) is 0. The summed E-state index contributed by atoms with van der Waals surface area (Å²) in [4.78, 5) is 11.2. The maximum absolute atomic E-state index is 11.2. The molecule has 0 spiro atoms. The third-order valence-corrected chi connectivity index (χ3v) is 2.22. The molecule has 0 N–H and O–H groups in total. The number of hydrogen-bond donors (Lipinski definition) is 0. The van der Waals surface area contributed by atoms with Crippen LogP contribution in [0.25, 0.3) is 0 Å².